The maximum atomic E-state index is 11.7. The molecule has 1 unspecified atom stereocenters. The summed E-state index contributed by atoms with van der Waals surface area (Å²) in [7, 11) is 0. The highest BCUT2D eigenvalue weighted by atomic mass is 16.6. The number of alkyl carbamates (subject to hydrolysis) is 1. The average Bonchev–Trinajstić information content (AvgIpc) is 2.76. The zero-order valence-corrected chi connectivity index (χ0v) is 11.1. The van der Waals surface area contributed by atoms with Gasteiger partial charge in [0.2, 0.25) is 0 Å². The predicted octanol–water partition coefficient (Wildman–Crippen LogP) is 2.32. The summed E-state index contributed by atoms with van der Waals surface area (Å²) in [4.78, 5) is 11.7. The molecule has 16 heavy (non-hydrogen) atoms. The van der Waals surface area contributed by atoms with Gasteiger partial charge in [0.1, 0.15) is 11.7 Å². The molecule has 2 atom stereocenters. The molecule has 0 aromatic carbocycles. The summed E-state index contributed by atoms with van der Waals surface area (Å²) < 4.78 is 10.5. The minimum Gasteiger partial charge on any atom is -0.444 e. The highest BCUT2D eigenvalue weighted by Crippen LogP contribution is 2.29. The van der Waals surface area contributed by atoms with E-state index in [2.05, 4.69) is 26.1 Å². The molecular formula is C12H23NO3. The van der Waals surface area contributed by atoms with Crippen molar-refractivity contribution in [1.82, 2.24) is 5.32 Å². The SMILES string of the molecule is CC(C)(C)OC(=O)NC([C@H]1CO1)C(C)(C)C. The van der Waals surface area contributed by atoms with E-state index in [4.69, 9.17) is 9.47 Å². The van der Waals surface area contributed by atoms with Gasteiger partial charge in [-0.25, -0.2) is 4.79 Å². The number of nitrogens with one attached hydrogen (secondary N) is 1. The molecule has 4 heteroatoms. The van der Waals surface area contributed by atoms with Crippen LogP contribution in [0.5, 0.6) is 0 Å². The molecule has 1 N–H and O–H groups in total. The zero-order valence-electron chi connectivity index (χ0n) is 11.1. The third-order valence-corrected chi connectivity index (χ3v) is 2.34. The van der Waals surface area contributed by atoms with Gasteiger partial charge in [0.05, 0.1) is 12.6 Å². The first-order chi connectivity index (χ1) is 7.09. The van der Waals surface area contributed by atoms with Crippen molar-refractivity contribution in [3.05, 3.63) is 0 Å². The fourth-order valence-corrected chi connectivity index (χ4v) is 1.55. The van der Waals surface area contributed by atoms with E-state index in [1.807, 2.05) is 20.8 Å². The zero-order chi connectivity index (χ0) is 12.6. The fourth-order valence-electron chi connectivity index (χ4n) is 1.55. The van der Waals surface area contributed by atoms with E-state index >= 15 is 0 Å². The summed E-state index contributed by atoms with van der Waals surface area (Å²) in [5.74, 6) is 0. The molecule has 94 valence electrons. The first-order valence-electron chi connectivity index (χ1n) is 5.71. The first kappa shape index (κ1) is 13.3. The molecule has 0 saturated carbocycles. The Morgan fingerprint density at radius 3 is 2.12 bits per heavy atom. The van der Waals surface area contributed by atoms with Gasteiger partial charge in [-0.05, 0) is 26.2 Å². The summed E-state index contributed by atoms with van der Waals surface area (Å²) in [5, 5.41) is 2.89. The molecule has 0 radical (unpaired) electrons. The van der Waals surface area contributed by atoms with Gasteiger partial charge in [-0.1, -0.05) is 20.8 Å². The number of hydrogen-bond donors (Lipinski definition) is 1. The van der Waals surface area contributed by atoms with E-state index in [9.17, 15) is 4.79 Å². The molecule has 1 aliphatic heterocycles. The maximum absolute atomic E-state index is 11.7. The quantitative estimate of drug-likeness (QED) is 0.739. The third kappa shape index (κ3) is 4.39. The van der Waals surface area contributed by atoms with Crippen LogP contribution in [0.2, 0.25) is 0 Å². The second-order valence-electron chi connectivity index (χ2n) is 6.36. The van der Waals surface area contributed by atoms with Crippen LogP contribution in [0.15, 0.2) is 0 Å². The van der Waals surface area contributed by atoms with Gasteiger partial charge in [0, 0.05) is 0 Å². The van der Waals surface area contributed by atoms with Crippen LogP contribution in [-0.2, 0) is 9.47 Å². The highest BCUT2D eigenvalue weighted by molar-refractivity contribution is 5.68. The van der Waals surface area contributed by atoms with Gasteiger partial charge in [-0.15, -0.1) is 0 Å². The van der Waals surface area contributed by atoms with Crippen molar-refractivity contribution in [2.75, 3.05) is 6.61 Å². The van der Waals surface area contributed by atoms with Crippen LogP contribution in [0.3, 0.4) is 0 Å². The van der Waals surface area contributed by atoms with Gasteiger partial charge in [0.15, 0.2) is 0 Å². The van der Waals surface area contributed by atoms with Gasteiger partial charge in [-0.2, -0.15) is 0 Å². The second kappa shape index (κ2) is 4.24. The normalized spacial score (nSPS) is 22.5. The Morgan fingerprint density at radius 2 is 1.81 bits per heavy atom. The number of hydrogen-bond acceptors (Lipinski definition) is 3. The number of carbonyl (C=O) groups is 1. The van der Waals surface area contributed by atoms with Crippen molar-refractivity contribution in [3.63, 3.8) is 0 Å². The summed E-state index contributed by atoms with van der Waals surface area (Å²) in [5.41, 5.74) is -0.491. The molecule has 0 aromatic heterocycles. The van der Waals surface area contributed by atoms with Crippen LogP contribution in [-0.4, -0.2) is 30.4 Å². The van der Waals surface area contributed by atoms with Crippen molar-refractivity contribution in [2.45, 2.75) is 59.3 Å². The Balaban J connectivity index is 2.53. The minimum atomic E-state index is -0.461. The number of carbonyl (C=O) groups excluding carboxylic acids is 1. The number of amides is 1. The molecule has 1 heterocycles. The Bertz CT molecular complexity index is 258. The minimum absolute atomic E-state index is 0.00218. The molecule has 4 nitrogen and oxygen atoms in total. The molecule has 0 spiro atoms. The first-order valence-corrected chi connectivity index (χ1v) is 5.71. The van der Waals surface area contributed by atoms with Crippen molar-refractivity contribution < 1.29 is 14.3 Å². The summed E-state index contributed by atoms with van der Waals surface area (Å²) >= 11 is 0. The number of epoxide rings is 1. The topological polar surface area (TPSA) is 50.9 Å². The lowest BCUT2D eigenvalue weighted by Crippen LogP contribution is -2.49. The van der Waals surface area contributed by atoms with E-state index < -0.39 is 5.60 Å². The van der Waals surface area contributed by atoms with E-state index in [0.717, 1.165) is 6.61 Å². The Labute approximate surface area is 97.7 Å². The number of rotatable bonds is 2. The molecule has 1 rings (SSSR count). The number of ether oxygens (including phenoxy) is 2. The van der Waals surface area contributed by atoms with Crippen LogP contribution in [0.25, 0.3) is 0 Å². The van der Waals surface area contributed by atoms with Crippen LogP contribution < -0.4 is 5.32 Å². The summed E-state index contributed by atoms with van der Waals surface area (Å²) in [6, 6.07) is 0.00218. The van der Waals surface area contributed by atoms with E-state index in [1.165, 1.54) is 0 Å². The third-order valence-electron chi connectivity index (χ3n) is 2.34. The van der Waals surface area contributed by atoms with Crippen molar-refractivity contribution in [2.24, 2.45) is 5.41 Å². The monoisotopic (exact) mass is 229 g/mol. The smallest absolute Gasteiger partial charge is 0.407 e. The van der Waals surface area contributed by atoms with Crippen molar-refractivity contribution >= 4 is 6.09 Å². The maximum Gasteiger partial charge on any atom is 0.407 e. The summed E-state index contributed by atoms with van der Waals surface area (Å²) in [6.45, 7) is 12.5. The van der Waals surface area contributed by atoms with E-state index in [1.54, 1.807) is 0 Å². The molecule has 1 aliphatic rings. The molecule has 1 saturated heterocycles. The van der Waals surface area contributed by atoms with Gasteiger partial charge in [0.25, 0.3) is 0 Å². The largest absolute Gasteiger partial charge is 0.444 e. The van der Waals surface area contributed by atoms with Crippen LogP contribution >= 0.6 is 0 Å². The lowest BCUT2D eigenvalue weighted by Gasteiger charge is -2.31. The van der Waals surface area contributed by atoms with Crippen LogP contribution in [0, 0.1) is 5.41 Å². The van der Waals surface area contributed by atoms with Crippen molar-refractivity contribution in [3.8, 4) is 0 Å². The van der Waals surface area contributed by atoms with Crippen molar-refractivity contribution in [1.29, 1.82) is 0 Å². The molecule has 0 aromatic rings. The van der Waals surface area contributed by atoms with E-state index in [-0.39, 0.29) is 23.7 Å². The Morgan fingerprint density at radius 1 is 1.31 bits per heavy atom. The Hall–Kier alpha value is -0.770. The lowest BCUT2D eigenvalue weighted by atomic mass is 9.85. The predicted molar refractivity (Wildman–Crippen MR) is 62.4 cm³/mol. The standard InChI is InChI=1S/C12H23NO3/c1-11(2,3)9(8-7-15-8)13-10(14)16-12(4,5)6/h8-9H,7H2,1-6H3,(H,13,14)/t8-,9?/m1/s1. The van der Waals surface area contributed by atoms with Gasteiger partial charge in [-0.3, -0.25) is 0 Å². The lowest BCUT2D eigenvalue weighted by molar-refractivity contribution is 0.0445. The average molecular weight is 229 g/mol. The van der Waals surface area contributed by atoms with Gasteiger partial charge >= 0.3 is 6.09 Å². The molecule has 1 fully saturated rings. The second-order valence-corrected chi connectivity index (χ2v) is 6.36. The van der Waals surface area contributed by atoms with Gasteiger partial charge < -0.3 is 14.8 Å². The highest BCUT2D eigenvalue weighted by Gasteiger charge is 2.41. The summed E-state index contributed by atoms with van der Waals surface area (Å²) in [6.07, 6.45) is -0.240. The molecule has 0 bridgehead atoms. The fraction of sp³-hybridized carbons (Fsp3) is 0.917. The van der Waals surface area contributed by atoms with E-state index in [0.29, 0.717) is 0 Å². The van der Waals surface area contributed by atoms with Crippen LogP contribution in [0.4, 0.5) is 4.79 Å². The molecular weight excluding hydrogens is 206 g/mol. The molecule has 0 aliphatic carbocycles. The Kier molecular flexibility index (Phi) is 3.53. The molecule has 1 amide bonds. The van der Waals surface area contributed by atoms with Crippen LogP contribution in [0.1, 0.15) is 41.5 Å².